The van der Waals surface area contributed by atoms with E-state index in [0.29, 0.717) is 5.75 Å². The van der Waals surface area contributed by atoms with Gasteiger partial charge in [-0.15, -0.1) is 0 Å². The van der Waals surface area contributed by atoms with E-state index in [4.69, 9.17) is 14.6 Å². The lowest BCUT2D eigenvalue weighted by Crippen LogP contribution is -2.12. The maximum atomic E-state index is 11.5. The van der Waals surface area contributed by atoms with Crippen molar-refractivity contribution in [1.29, 1.82) is 0 Å². The normalized spacial score (nSPS) is 11.5. The molecule has 2 aromatic rings. The highest BCUT2D eigenvalue weighted by atomic mass is 32.2. The van der Waals surface area contributed by atoms with Crippen molar-refractivity contribution in [2.75, 3.05) is 13.2 Å². The van der Waals surface area contributed by atoms with E-state index in [1.54, 1.807) is 17.4 Å². The summed E-state index contributed by atoms with van der Waals surface area (Å²) in [5.74, 6) is 0.00615. The lowest BCUT2D eigenvalue weighted by Gasteiger charge is -2.06. The molecule has 0 saturated carbocycles. The van der Waals surface area contributed by atoms with Crippen LogP contribution in [-0.2, 0) is 19.6 Å². The van der Waals surface area contributed by atoms with Gasteiger partial charge in [0.25, 0.3) is 0 Å². The maximum absolute atomic E-state index is 11.5. The van der Waals surface area contributed by atoms with Gasteiger partial charge < -0.3 is 9.47 Å². The number of carbonyl (C=O) groups is 1. The molecule has 1 heterocycles. The number of thiophene rings is 1. The monoisotopic (exact) mass is 353 g/mol. The minimum absolute atomic E-state index is 0.00912. The van der Waals surface area contributed by atoms with Crippen molar-refractivity contribution in [3.8, 4) is 5.75 Å². The van der Waals surface area contributed by atoms with Gasteiger partial charge in [0.1, 0.15) is 19.0 Å². The van der Waals surface area contributed by atoms with Crippen LogP contribution in [0.3, 0.4) is 0 Å². The van der Waals surface area contributed by atoms with Crippen LogP contribution in [0.5, 0.6) is 5.75 Å². The van der Waals surface area contributed by atoms with Gasteiger partial charge in [-0.2, -0.15) is 11.3 Å². The van der Waals surface area contributed by atoms with Crippen LogP contribution in [-0.4, -0.2) is 27.6 Å². The Morgan fingerprint density at radius 3 is 2.52 bits per heavy atom. The van der Waals surface area contributed by atoms with Crippen molar-refractivity contribution in [1.82, 2.24) is 0 Å². The van der Waals surface area contributed by atoms with Crippen molar-refractivity contribution >= 4 is 33.4 Å². The van der Waals surface area contributed by atoms with Crippen molar-refractivity contribution in [3.63, 3.8) is 0 Å². The summed E-state index contributed by atoms with van der Waals surface area (Å²) in [6.07, 6.45) is 3.02. The number of rotatable bonds is 7. The van der Waals surface area contributed by atoms with Gasteiger partial charge in [0.05, 0.1) is 4.90 Å². The van der Waals surface area contributed by atoms with E-state index in [1.807, 2.05) is 16.8 Å². The Morgan fingerprint density at radius 2 is 1.91 bits per heavy atom. The van der Waals surface area contributed by atoms with E-state index >= 15 is 0 Å². The fourth-order valence-electron chi connectivity index (χ4n) is 1.61. The molecule has 0 unspecified atom stereocenters. The van der Waals surface area contributed by atoms with Gasteiger partial charge in [-0.3, -0.25) is 0 Å². The molecule has 0 spiro atoms. The van der Waals surface area contributed by atoms with Gasteiger partial charge in [0.2, 0.25) is 10.0 Å². The van der Waals surface area contributed by atoms with Crippen LogP contribution in [0.25, 0.3) is 6.08 Å². The first kappa shape index (κ1) is 17.2. The molecule has 0 aliphatic rings. The van der Waals surface area contributed by atoms with Gasteiger partial charge in [0.15, 0.2) is 0 Å². The zero-order valence-corrected chi connectivity index (χ0v) is 13.7. The Balaban J connectivity index is 1.72. The highest BCUT2D eigenvalue weighted by molar-refractivity contribution is 7.89. The Labute approximate surface area is 138 Å². The second-order valence-corrected chi connectivity index (χ2v) is 6.76. The first-order valence-electron chi connectivity index (χ1n) is 6.58. The number of hydrogen-bond donors (Lipinski definition) is 1. The van der Waals surface area contributed by atoms with Crippen LogP contribution in [0.15, 0.2) is 52.1 Å². The van der Waals surface area contributed by atoms with Crippen molar-refractivity contribution < 1.29 is 22.7 Å². The number of benzene rings is 1. The molecule has 23 heavy (non-hydrogen) atoms. The quantitative estimate of drug-likeness (QED) is 0.467. The number of ether oxygens (including phenoxy) is 2. The van der Waals surface area contributed by atoms with E-state index in [0.717, 1.165) is 5.56 Å². The predicted molar refractivity (Wildman–Crippen MR) is 87.6 cm³/mol. The highest BCUT2D eigenvalue weighted by Crippen LogP contribution is 2.14. The van der Waals surface area contributed by atoms with Crippen LogP contribution in [0.1, 0.15) is 5.56 Å². The average molecular weight is 353 g/mol. The summed E-state index contributed by atoms with van der Waals surface area (Å²) >= 11 is 1.54. The fraction of sp³-hybridized carbons (Fsp3) is 0.133. The second-order valence-electron chi connectivity index (χ2n) is 4.42. The lowest BCUT2D eigenvalue weighted by molar-refractivity contribution is -0.138. The number of esters is 1. The molecule has 122 valence electrons. The molecule has 0 bridgehead atoms. The molecule has 0 radical (unpaired) electrons. The number of carbonyl (C=O) groups excluding carboxylic acids is 1. The first-order valence-corrected chi connectivity index (χ1v) is 9.07. The Bertz CT molecular complexity index is 765. The van der Waals surface area contributed by atoms with E-state index in [1.165, 1.54) is 30.3 Å². The van der Waals surface area contributed by atoms with Crippen LogP contribution in [0, 0.1) is 0 Å². The summed E-state index contributed by atoms with van der Waals surface area (Å²) in [6, 6.07) is 7.55. The van der Waals surface area contributed by atoms with Gasteiger partial charge in [-0.1, -0.05) is 0 Å². The minimum atomic E-state index is -3.71. The summed E-state index contributed by atoms with van der Waals surface area (Å²) in [5.41, 5.74) is 0.943. The first-order chi connectivity index (χ1) is 10.9. The molecule has 2 rings (SSSR count). The topological polar surface area (TPSA) is 95.7 Å². The van der Waals surface area contributed by atoms with Crippen LogP contribution < -0.4 is 9.88 Å². The third-order valence-electron chi connectivity index (χ3n) is 2.70. The minimum Gasteiger partial charge on any atom is -0.490 e. The summed E-state index contributed by atoms with van der Waals surface area (Å²) in [6.45, 7) is 0.247. The number of nitrogens with two attached hydrogens (primary N) is 1. The van der Waals surface area contributed by atoms with Gasteiger partial charge in [-0.05, 0) is 52.7 Å². The van der Waals surface area contributed by atoms with Crippen molar-refractivity contribution in [2.24, 2.45) is 5.14 Å². The number of primary sulfonamides is 1. The third kappa shape index (κ3) is 5.85. The number of sulfonamides is 1. The smallest absolute Gasteiger partial charge is 0.330 e. The van der Waals surface area contributed by atoms with Crippen LogP contribution >= 0.6 is 11.3 Å². The summed E-state index contributed by atoms with van der Waals surface area (Å²) in [4.78, 5) is 11.5. The molecule has 6 nitrogen and oxygen atoms in total. The van der Waals surface area contributed by atoms with E-state index < -0.39 is 16.0 Å². The van der Waals surface area contributed by atoms with Crippen LogP contribution in [0.2, 0.25) is 0 Å². The number of hydrogen-bond acceptors (Lipinski definition) is 6. The molecular formula is C15H15NO5S2. The predicted octanol–water partition coefficient (Wildman–Crippen LogP) is 2.03. The summed E-state index contributed by atoms with van der Waals surface area (Å²) in [5, 5.41) is 8.82. The standard InChI is InChI=1S/C15H15NO5S2/c16-23(18,19)14-4-2-13(3-5-14)20-8-9-21-15(17)6-1-12-7-10-22-11-12/h1-7,10-11H,8-9H2,(H2,16,18,19)/b6-1+. The average Bonchev–Trinajstić information content (AvgIpc) is 3.02. The third-order valence-corrected chi connectivity index (χ3v) is 4.33. The molecule has 8 heteroatoms. The highest BCUT2D eigenvalue weighted by Gasteiger charge is 2.07. The molecule has 0 aliphatic heterocycles. The second kappa shape index (κ2) is 7.91. The molecular weight excluding hydrogens is 338 g/mol. The lowest BCUT2D eigenvalue weighted by atomic mass is 10.3. The molecule has 0 saturated heterocycles. The van der Waals surface area contributed by atoms with E-state index in [9.17, 15) is 13.2 Å². The van der Waals surface area contributed by atoms with Gasteiger partial charge in [0, 0.05) is 6.08 Å². The van der Waals surface area contributed by atoms with E-state index in [-0.39, 0.29) is 18.1 Å². The molecule has 0 aliphatic carbocycles. The summed E-state index contributed by atoms with van der Waals surface area (Å²) in [7, 11) is -3.71. The molecule has 1 aromatic heterocycles. The zero-order valence-electron chi connectivity index (χ0n) is 12.0. The molecule has 0 fully saturated rings. The Kier molecular flexibility index (Phi) is 5.91. The SMILES string of the molecule is NS(=O)(=O)c1ccc(OCCOC(=O)/C=C/c2ccsc2)cc1. The maximum Gasteiger partial charge on any atom is 0.330 e. The fourth-order valence-corrected chi connectivity index (χ4v) is 2.75. The van der Waals surface area contributed by atoms with Gasteiger partial charge in [-0.25, -0.2) is 18.4 Å². The molecule has 1 aromatic carbocycles. The Morgan fingerprint density at radius 1 is 1.17 bits per heavy atom. The van der Waals surface area contributed by atoms with Crippen LogP contribution in [0.4, 0.5) is 0 Å². The van der Waals surface area contributed by atoms with Crippen molar-refractivity contribution in [3.05, 3.63) is 52.7 Å². The zero-order chi connectivity index (χ0) is 16.7. The van der Waals surface area contributed by atoms with Gasteiger partial charge >= 0.3 is 5.97 Å². The van der Waals surface area contributed by atoms with E-state index in [2.05, 4.69) is 0 Å². The molecule has 2 N–H and O–H groups in total. The molecule has 0 amide bonds. The summed E-state index contributed by atoms with van der Waals surface area (Å²) < 4.78 is 32.5. The Hall–Kier alpha value is -2.16. The van der Waals surface area contributed by atoms with Crippen molar-refractivity contribution in [2.45, 2.75) is 4.90 Å². The molecule has 0 atom stereocenters. The largest absolute Gasteiger partial charge is 0.490 e.